The van der Waals surface area contributed by atoms with Gasteiger partial charge in [0.15, 0.2) is 5.65 Å². The SMILES string of the molecule is [C-]#[N+]C[C@H]1CN(c2nc(OC[C@@H]3CCCN3C)nc3nc(-c4cncc5cccc(Cl)c45)c(F)cc23)CCN1C(=O)C=C. The van der Waals surface area contributed by atoms with Crippen molar-refractivity contribution >= 4 is 45.1 Å². The topological polar surface area (TPSA) is 91.9 Å². The zero-order chi connectivity index (χ0) is 30.1. The maximum atomic E-state index is 16.0. The number of pyridine rings is 2. The van der Waals surface area contributed by atoms with E-state index in [0.29, 0.717) is 53.4 Å². The molecule has 5 heterocycles. The molecule has 2 aliphatic heterocycles. The molecule has 0 unspecified atom stereocenters. The fraction of sp³-hybridized carbons (Fsp3) is 0.355. The van der Waals surface area contributed by atoms with Crippen LogP contribution in [0.1, 0.15) is 12.8 Å². The van der Waals surface area contributed by atoms with Crippen LogP contribution in [0.3, 0.4) is 0 Å². The minimum atomic E-state index is -0.578. The second-order valence-electron chi connectivity index (χ2n) is 10.8. The van der Waals surface area contributed by atoms with Crippen LogP contribution in [0.5, 0.6) is 6.01 Å². The van der Waals surface area contributed by atoms with Crippen LogP contribution < -0.4 is 9.64 Å². The molecule has 2 aliphatic rings. The highest BCUT2D eigenvalue weighted by molar-refractivity contribution is 6.36. The summed E-state index contributed by atoms with van der Waals surface area (Å²) in [7, 11) is 2.06. The third-order valence-corrected chi connectivity index (χ3v) is 8.52. The Kier molecular flexibility index (Phi) is 8.06. The van der Waals surface area contributed by atoms with E-state index in [1.807, 2.05) is 17.0 Å². The van der Waals surface area contributed by atoms with Crippen molar-refractivity contribution in [3.05, 3.63) is 71.6 Å². The number of carbonyl (C=O) groups is 1. The summed E-state index contributed by atoms with van der Waals surface area (Å²) in [6.07, 6.45) is 6.58. The van der Waals surface area contributed by atoms with E-state index in [1.165, 1.54) is 12.1 Å². The van der Waals surface area contributed by atoms with E-state index in [2.05, 4.69) is 33.3 Å². The molecule has 2 atom stereocenters. The first-order chi connectivity index (χ1) is 20.9. The van der Waals surface area contributed by atoms with Crippen LogP contribution in [0, 0.1) is 12.4 Å². The van der Waals surface area contributed by atoms with Crippen LogP contribution in [-0.4, -0.2) is 94.1 Å². The number of carbonyl (C=O) groups excluding carboxylic acids is 1. The van der Waals surface area contributed by atoms with Crippen LogP contribution in [0.4, 0.5) is 10.2 Å². The number of anilines is 1. The first-order valence-corrected chi connectivity index (χ1v) is 14.5. The van der Waals surface area contributed by atoms with E-state index in [1.54, 1.807) is 23.4 Å². The smallest absolute Gasteiger partial charge is 0.320 e. The van der Waals surface area contributed by atoms with Crippen molar-refractivity contribution < 1.29 is 13.9 Å². The van der Waals surface area contributed by atoms with Crippen LogP contribution in [0.25, 0.3) is 37.9 Å². The number of fused-ring (bicyclic) bond motifs is 2. The number of piperazine rings is 1. The summed E-state index contributed by atoms with van der Waals surface area (Å²) in [5, 5.41) is 2.26. The lowest BCUT2D eigenvalue weighted by molar-refractivity contribution is -0.128. The molecule has 0 bridgehead atoms. The Morgan fingerprint density at radius 1 is 1.23 bits per heavy atom. The van der Waals surface area contributed by atoms with Crippen molar-refractivity contribution in [2.45, 2.75) is 24.9 Å². The van der Waals surface area contributed by atoms with Gasteiger partial charge in [-0.2, -0.15) is 9.97 Å². The summed E-state index contributed by atoms with van der Waals surface area (Å²) in [4.78, 5) is 40.2. The van der Waals surface area contributed by atoms with Gasteiger partial charge in [-0.1, -0.05) is 30.3 Å². The molecule has 220 valence electrons. The number of hydrogen-bond acceptors (Lipinski definition) is 8. The molecule has 6 rings (SSSR count). The zero-order valence-corrected chi connectivity index (χ0v) is 24.5. The largest absolute Gasteiger partial charge is 0.462 e. The Labute approximate surface area is 253 Å². The molecule has 2 fully saturated rings. The van der Waals surface area contributed by atoms with Gasteiger partial charge in [-0.25, -0.2) is 15.9 Å². The van der Waals surface area contributed by atoms with Gasteiger partial charge in [0, 0.05) is 59.4 Å². The lowest BCUT2D eigenvalue weighted by atomic mass is 10.0. The van der Waals surface area contributed by atoms with Crippen molar-refractivity contribution in [3.8, 4) is 17.3 Å². The summed E-state index contributed by atoms with van der Waals surface area (Å²) < 4.78 is 22.1. The second-order valence-corrected chi connectivity index (χ2v) is 11.2. The number of ether oxygens (including phenoxy) is 1. The summed E-state index contributed by atoms with van der Waals surface area (Å²) >= 11 is 6.54. The predicted octanol–water partition coefficient (Wildman–Crippen LogP) is 4.63. The molecule has 10 nitrogen and oxygen atoms in total. The average Bonchev–Trinajstić information content (AvgIpc) is 3.43. The fourth-order valence-corrected chi connectivity index (χ4v) is 6.22. The summed E-state index contributed by atoms with van der Waals surface area (Å²) in [5.41, 5.74) is 0.773. The molecule has 12 heteroatoms. The highest BCUT2D eigenvalue weighted by atomic mass is 35.5. The van der Waals surface area contributed by atoms with Gasteiger partial charge in [-0.05, 0) is 44.6 Å². The van der Waals surface area contributed by atoms with E-state index in [0.717, 1.165) is 24.8 Å². The normalized spacial score (nSPS) is 19.1. The predicted molar refractivity (Wildman–Crippen MR) is 164 cm³/mol. The summed E-state index contributed by atoms with van der Waals surface area (Å²) in [5.74, 6) is -0.372. The third kappa shape index (κ3) is 5.56. The van der Waals surface area contributed by atoms with Crippen molar-refractivity contribution in [1.82, 2.24) is 29.7 Å². The Bertz CT molecular complexity index is 1760. The van der Waals surface area contributed by atoms with Crippen LogP contribution in [-0.2, 0) is 4.79 Å². The van der Waals surface area contributed by atoms with Gasteiger partial charge in [0.05, 0.1) is 5.39 Å². The molecule has 0 radical (unpaired) electrons. The fourth-order valence-electron chi connectivity index (χ4n) is 5.94. The Morgan fingerprint density at radius 3 is 2.86 bits per heavy atom. The van der Waals surface area contributed by atoms with Crippen molar-refractivity contribution in [2.24, 2.45) is 0 Å². The average molecular weight is 601 g/mol. The standard InChI is InChI=1S/C31H30ClFN8O2/c1-4-26(42)41-12-11-40(17-21(41)15-34-2)30-22-13-25(33)28(23-16-35-14-19-7-5-9-24(32)27(19)23)36-29(22)37-31(38-30)43-18-20-8-6-10-39(20)3/h4-5,7,9,13-14,16,20-21H,1,6,8,10-12,15,17-18H2,3H3/t20-,21-/m0/s1. The monoisotopic (exact) mass is 600 g/mol. The minimum absolute atomic E-state index is 0.0668. The highest BCUT2D eigenvalue weighted by Crippen LogP contribution is 2.36. The van der Waals surface area contributed by atoms with E-state index in [4.69, 9.17) is 32.9 Å². The quantitative estimate of drug-likeness (QED) is 0.224. The van der Waals surface area contributed by atoms with E-state index in [9.17, 15) is 4.79 Å². The lowest BCUT2D eigenvalue weighted by Gasteiger charge is -2.39. The molecule has 0 saturated carbocycles. The molecular weight excluding hydrogens is 571 g/mol. The van der Waals surface area contributed by atoms with E-state index < -0.39 is 5.82 Å². The minimum Gasteiger partial charge on any atom is -0.462 e. The first kappa shape index (κ1) is 28.7. The molecule has 0 N–H and O–H groups in total. The van der Waals surface area contributed by atoms with E-state index in [-0.39, 0.29) is 41.9 Å². The number of nitrogens with zero attached hydrogens (tertiary/aromatic N) is 8. The Balaban J connectivity index is 1.45. The lowest BCUT2D eigenvalue weighted by Crippen LogP contribution is -2.56. The highest BCUT2D eigenvalue weighted by Gasteiger charge is 2.33. The molecule has 1 amide bonds. The molecule has 3 aromatic heterocycles. The number of amides is 1. The maximum absolute atomic E-state index is 16.0. The number of likely N-dealkylation sites (tertiary alicyclic amines) is 1. The summed E-state index contributed by atoms with van der Waals surface area (Å²) in [6, 6.07) is 6.78. The van der Waals surface area contributed by atoms with Gasteiger partial charge in [-0.3, -0.25) is 9.78 Å². The number of benzene rings is 1. The second kappa shape index (κ2) is 12.1. The number of halogens is 2. The van der Waals surface area contributed by atoms with Gasteiger partial charge in [-0.15, -0.1) is 0 Å². The molecule has 0 spiro atoms. The van der Waals surface area contributed by atoms with E-state index >= 15 is 4.39 Å². The number of likely N-dealkylation sites (N-methyl/N-ethyl adjacent to an activating group) is 1. The third-order valence-electron chi connectivity index (χ3n) is 8.21. The van der Waals surface area contributed by atoms with Crippen molar-refractivity contribution in [2.75, 3.05) is 51.3 Å². The van der Waals surface area contributed by atoms with Crippen LogP contribution in [0.15, 0.2) is 49.3 Å². The number of hydrogen-bond donors (Lipinski definition) is 0. The molecular formula is C31H30ClFN8O2. The van der Waals surface area contributed by atoms with Crippen LogP contribution in [0.2, 0.25) is 5.02 Å². The van der Waals surface area contributed by atoms with Crippen molar-refractivity contribution in [1.29, 1.82) is 0 Å². The van der Waals surface area contributed by atoms with Crippen LogP contribution >= 0.6 is 11.6 Å². The molecule has 43 heavy (non-hydrogen) atoms. The number of rotatable bonds is 7. The summed E-state index contributed by atoms with van der Waals surface area (Å²) in [6.45, 7) is 13.7. The molecule has 0 aliphatic carbocycles. The van der Waals surface area contributed by atoms with Crippen molar-refractivity contribution in [3.63, 3.8) is 0 Å². The Hall–Kier alpha value is -4.40. The van der Waals surface area contributed by atoms with Gasteiger partial charge in [0.2, 0.25) is 12.5 Å². The first-order valence-electron chi connectivity index (χ1n) is 14.1. The zero-order valence-electron chi connectivity index (χ0n) is 23.7. The Morgan fingerprint density at radius 2 is 2.09 bits per heavy atom. The maximum Gasteiger partial charge on any atom is 0.320 e. The van der Waals surface area contributed by atoms with Gasteiger partial charge in [0.25, 0.3) is 0 Å². The number of aromatic nitrogens is 4. The van der Waals surface area contributed by atoms with Gasteiger partial charge < -0.3 is 24.3 Å². The molecule has 1 aromatic carbocycles. The molecule has 2 saturated heterocycles. The molecule has 4 aromatic rings. The van der Waals surface area contributed by atoms with Gasteiger partial charge >= 0.3 is 6.01 Å². The van der Waals surface area contributed by atoms with Gasteiger partial charge in [0.1, 0.15) is 30.0 Å².